The van der Waals surface area contributed by atoms with Crippen LogP contribution < -0.4 is 14.4 Å². The number of rotatable bonds is 9. The monoisotopic (exact) mass is 461 g/mol. The number of carbonyl (C=O) groups is 1. The lowest BCUT2D eigenvalue weighted by Crippen LogP contribution is -2.50. The van der Waals surface area contributed by atoms with Gasteiger partial charge < -0.3 is 19.3 Å². The van der Waals surface area contributed by atoms with Crippen LogP contribution in [0.1, 0.15) is 13.8 Å². The molecule has 1 aliphatic heterocycles. The molecule has 0 bridgehead atoms. The van der Waals surface area contributed by atoms with Gasteiger partial charge in [-0.2, -0.15) is 4.31 Å². The Kier molecular flexibility index (Phi) is 7.98. The molecule has 1 fully saturated rings. The molecule has 2 aromatic rings. The summed E-state index contributed by atoms with van der Waals surface area (Å²) in [5, 5.41) is 0. The lowest BCUT2D eigenvalue weighted by atomic mass is 10.2. The van der Waals surface area contributed by atoms with Gasteiger partial charge in [-0.25, -0.2) is 8.42 Å². The maximum Gasteiger partial charge on any atom is 0.260 e. The average Bonchev–Trinajstić information content (AvgIpc) is 2.83. The van der Waals surface area contributed by atoms with Gasteiger partial charge in [-0.05, 0) is 30.3 Å². The van der Waals surface area contributed by atoms with Crippen molar-refractivity contribution in [3.8, 4) is 11.5 Å². The number of anilines is 1. The van der Waals surface area contributed by atoms with Crippen molar-refractivity contribution in [1.29, 1.82) is 0 Å². The van der Waals surface area contributed by atoms with E-state index in [1.807, 2.05) is 44.2 Å². The minimum Gasteiger partial charge on any atom is -0.495 e. The van der Waals surface area contributed by atoms with Gasteiger partial charge in [0.05, 0.1) is 17.7 Å². The normalized spacial score (nSPS) is 14.5. The number of para-hydroxylation sites is 1. The number of hydrogen-bond acceptors (Lipinski definition) is 6. The molecule has 1 saturated heterocycles. The molecule has 0 saturated carbocycles. The molecule has 1 aliphatic rings. The first kappa shape index (κ1) is 23.9. The highest BCUT2D eigenvalue weighted by atomic mass is 32.2. The van der Waals surface area contributed by atoms with Crippen LogP contribution in [0.15, 0.2) is 53.4 Å². The van der Waals surface area contributed by atoms with Crippen molar-refractivity contribution < 1.29 is 22.7 Å². The van der Waals surface area contributed by atoms with Crippen LogP contribution in [0.2, 0.25) is 0 Å². The predicted octanol–water partition coefficient (Wildman–Crippen LogP) is 2.45. The molecule has 3 rings (SSSR count). The second-order valence-corrected chi connectivity index (χ2v) is 9.33. The first-order valence-corrected chi connectivity index (χ1v) is 12.2. The Balaban J connectivity index is 1.68. The van der Waals surface area contributed by atoms with Gasteiger partial charge in [-0.3, -0.25) is 4.79 Å². The molecule has 2 aromatic carbocycles. The van der Waals surface area contributed by atoms with E-state index in [1.54, 1.807) is 30.2 Å². The lowest BCUT2D eigenvalue weighted by molar-refractivity contribution is -0.133. The molecule has 174 valence electrons. The zero-order valence-electron chi connectivity index (χ0n) is 18.9. The Morgan fingerprint density at radius 2 is 1.66 bits per heavy atom. The van der Waals surface area contributed by atoms with E-state index in [2.05, 4.69) is 4.90 Å². The first-order valence-electron chi connectivity index (χ1n) is 10.8. The van der Waals surface area contributed by atoms with E-state index in [0.717, 1.165) is 0 Å². The van der Waals surface area contributed by atoms with Crippen molar-refractivity contribution in [2.45, 2.75) is 18.7 Å². The maximum atomic E-state index is 13.0. The summed E-state index contributed by atoms with van der Waals surface area (Å²) in [6, 6.07) is 14.2. The van der Waals surface area contributed by atoms with E-state index >= 15 is 0 Å². The fourth-order valence-electron chi connectivity index (χ4n) is 3.74. The highest BCUT2D eigenvalue weighted by Gasteiger charge is 2.27. The van der Waals surface area contributed by atoms with Crippen molar-refractivity contribution in [1.82, 2.24) is 9.21 Å². The zero-order valence-corrected chi connectivity index (χ0v) is 19.7. The smallest absolute Gasteiger partial charge is 0.260 e. The third kappa shape index (κ3) is 5.34. The van der Waals surface area contributed by atoms with Crippen LogP contribution in [-0.4, -0.2) is 76.5 Å². The summed E-state index contributed by atoms with van der Waals surface area (Å²) in [6.07, 6.45) is 0. The summed E-state index contributed by atoms with van der Waals surface area (Å²) in [5.41, 5.74) is 0.716. The minimum atomic E-state index is -3.58. The molecule has 9 heteroatoms. The van der Waals surface area contributed by atoms with Crippen molar-refractivity contribution in [3.05, 3.63) is 48.5 Å². The maximum absolute atomic E-state index is 13.0. The van der Waals surface area contributed by atoms with E-state index in [1.165, 1.54) is 4.31 Å². The highest BCUT2D eigenvalue weighted by molar-refractivity contribution is 7.89. The number of nitrogens with zero attached hydrogens (tertiary/aromatic N) is 3. The van der Waals surface area contributed by atoms with Crippen LogP contribution in [0.25, 0.3) is 0 Å². The number of benzene rings is 2. The van der Waals surface area contributed by atoms with Crippen molar-refractivity contribution in [3.63, 3.8) is 0 Å². The number of amides is 1. The summed E-state index contributed by atoms with van der Waals surface area (Å²) in [6.45, 7) is 6.64. The van der Waals surface area contributed by atoms with E-state index in [9.17, 15) is 13.2 Å². The van der Waals surface area contributed by atoms with Crippen LogP contribution in [0.4, 0.5) is 5.69 Å². The van der Waals surface area contributed by atoms with E-state index in [-0.39, 0.29) is 17.4 Å². The molecule has 0 aliphatic carbocycles. The number of sulfonamides is 1. The molecule has 0 N–H and O–H groups in total. The Hall–Kier alpha value is -2.78. The summed E-state index contributed by atoms with van der Waals surface area (Å²) in [5.74, 6) is 1.20. The molecule has 8 nitrogen and oxygen atoms in total. The summed E-state index contributed by atoms with van der Waals surface area (Å²) in [7, 11) is -2.01. The van der Waals surface area contributed by atoms with Crippen LogP contribution in [0.3, 0.4) is 0 Å². The molecule has 1 amide bonds. The van der Waals surface area contributed by atoms with E-state index in [4.69, 9.17) is 9.47 Å². The SMILES string of the molecule is CCN(CC)S(=O)(=O)c1ccc(OC)c(N2CCN(C(=O)COc3ccccc3)CC2)c1. The Morgan fingerprint density at radius 1 is 1.00 bits per heavy atom. The number of methoxy groups -OCH3 is 1. The summed E-state index contributed by atoms with van der Waals surface area (Å²) < 4.78 is 38.4. The number of carbonyl (C=O) groups excluding carboxylic acids is 1. The average molecular weight is 462 g/mol. The van der Waals surface area contributed by atoms with Crippen molar-refractivity contribution in [2.24, 2.45) is 0 Å². The van der Waals surface area contributed by atoms with Gasteiger partial charge in [0.2, 0.25) is 10.0 Å². The molecular weight excluding hydrogens is 430 g/mol. The second-order valence-electron chi connectivity index (χ2n) is 7.39. The molecule has 0 spiro atoms. The van der Waals surface area contributed by atoms with Crippen LogP contribution >= 0.6 is 0 Å². The van der Waals surface area contributed by atoms with E-state index < -0.39 is 10.0 Å². The number of ether oxygens (including phenoxy) is 2. The highest BCUT2D eigenvalue weighted by Crippen LogP contribution is 2.32. The number of piperazine rings is 1. The summed E-state index contributed by atoms with van der Waals surface area (Å²) >= 11 is 0. The third-order valence-corrected chi connectivity index (χ3v) is 7.62. The molecule has 32 heavy (non-hydrogen) atoms. The largest absolute Gasteiger partial charge is 0.495 e. The van der Waals surface area contributed by atoms with Gasteiger partial charge in [0.25, 0.3) is 5.91 Å². The minimum absolute atomic E-state index is 0.00899. The topological polar surface area (TPSA) is 79.4 Å². The van der Waals surface area contributed by atoms with Gasteiger partial charge in [0.1, 0.15) is 11.5 Å². The first-order chi connectivity index (χ1) is 15.4. The molecular formula is C23H31N3O5S. The molecule has 0 atom stereocenters. The molecule has 0 aromatic heterocycles. The fraction of sp³-hybridized carbons (Fsp3) is 0.435. The molecule has 1 heterocycles. The second kappa shape index (κ2) is 10.7. The number of hydrogen-bond donors (Lipinski definition) is 0. The van der Waals surface area contributed by atoms with Gasteiger partial charge >= 0.3 is 0 Å². The van der Waals surface area contributed by atoms with Gasteiger partial charge in [-0.1, -0.05) is 32.0 Å². The third-order valence-electron chi connectivity index (χ3n) is 5.57. The quantitative estimate of drug-likeness (QED) is 0.571. The Labute approximate surface area is 190 Å². The van der Waals surface area contributed by atoms with Gasteiger partial charge in [0, 0.05) is 39.3 Å². The predicted molar refractivity (Wildman–Crippen MR) is 124 cm³/mol. The van der Waals surface area contributed by atoms with Crippen molar-refractivity contribution in [2.75, 3.05) is 57.9 Å². The van der Waals surface area contributed by atoms with Crippen LogP contribution in [0.5, 0.6) is 11.5 Å². The van der Waals surface area contributed by atoms with Crippen LogP contribution in [-0.2, 0) is 14.8 Å². The molecule has 0 radical (unpaired) electrons. The zero-order chi connectivity index (χ0) is 23.1. The van der Waals surface area contributed by atoms with Gasteiger partial charge in [0.15, 0.2) is 6.61 Å². The summed E-state index contributed by atoms with van der Waals surface area (Å²) in [4.78, 5) is 16.6. The Morgan fingerprint density at radius 3 is 2.25 bits per heavy atom. The Bertz CT molecular complexity index is 1000. The van der Waals surface area contributed by atoms with Crippen LogP contribution in [0, 0.1) is 0 Å². The lowest BCUT2D eigenvalue weighted by Gasteiger charge is -2.36. The van der Waals surface area contributed by atoms with Crippen molar-refractivity contribution >= 4 is 21.6 Å². The standard InChI is InChI=1S/C23H31N3O5S/c1-4-26(5-2)32(28,29)20-11-12-22(30-3)21(17-20)24-13-15-25(16-14-24)23(27)18-31-19-9-7-6-8-10-19/h6-12,17H,4-5,13-16,18H2,1-3H3. The van der Waals surface area contributed by atoms with Gasteiger partial charge in [-0.15, -0.1) is 0 Å². The fourth-order valence-corrected chi connectivity index (χ4v) is 5.22. The van der Waals surface area contributed by atoms with E-state index in [0.29, 0.717) is 56.5 Å². The molecule has 0 unspecified atom stereocenters.